The minimum atomic E-state index is -1.08. The molecule has 0 aliphatic carbocycles. The van der Waals surface area contributed by atoms with Gasteiger partial charge in [0.25, 0.3) is 5.91 Å². The number of thiocarbonyl (C=S) groups is 1. The van der Waals surface area contributed by atoms with E-state index < -0.39 is 12.0 Å². The molecule has 2 heterocycles. The summed E-state index contributed by atoms with van der Waals surface area (Å²) >= 11 is 5.51. The van der Waals surface area contributed by atoms with Crippen molar-refractivity contribution in [2.75, 3.05) is 16.3 Å². The zero-order valence-corrected chi connectivity index (χ0v) is 17.9. The van der Waals surface area contributed by atoms with Crippen LogP contribution in [0.15, 0.2) is 78.3 Å². The van der Waals surface area contributed by atoms with Crippen molar-refractivity contribution in [3.63, 3.8) is 0 Å². The summed E-state index contributed by atoms with van der Waals surface area (Å²) < 4.78 is 5.94. The average molecular weight is 436 g/mol. The Morgan fingerprint density at radius 2 is 1.81 bits per heavy atom. The monoisotopic (exact) mass is 435 g/mol. The molecule has 1 fully saturated rings. The molecule has 8 heteroatoms. The van der Waals surface area contributed by atoms with Gasteiger partial charge >= 0.3 is 5.97 Å². The van der Waals surface area contributed by atoms with Gasteiger partial charge in [0.05, 0.1) is 11.4 Å². The number of amides is 1. The Kier molecular flexibility index (Phi) is 5.48. The molecule has 0 spiro atoms. The minimum Gasteiger partial charge on any atom is -0.480 e. The second-order valence-corrected chi connectivity index (χ2v) is 7.38. The Morgan fingerprint density at radius 3 is 2.48 bits per heavy atom. The van der Waals surface area contributed by atoms with E-state index >= 15 is 0 Å². The van der Waals surface area contributed by atoms with Crippen molar-refractivity contribution in [1.29, 1.82) is 0 Å². The van der Waals surface area contributed by atoms with E-state index in [4.69, 9.17) is 17.0 Å². The first-order chi connectivity index (χ1) is 14.9. The smallest absolute Gasteiger partial charge is 0.326 e. The predicted molar refractivity (Wildman–Crippen MR) is 122 cm³/mol. The molecule has 1 atom stereocenters. The second-order valence-electron chi connectivity index (χ2n) is 7.01. The molecule has 7 nitrogen and oxygen atoms in total. The second kappa shape index (κ2) is 8.23. The molecule has 0 bridgehead atoms. The van der Waals surface area contributed by atoms with Gasteiger partial charge in [-0.3, -0.25) is 14.6 Å². The van der Waals surface area contributed by atoms with Crippen molar-refractivity contribution in [2.45, 2.75) is 19.9 Å². The molecular weight excluding hydrogens is 414 g/mol. The van der Waals surface area contributed by atoms with Gasteiger partial charge in [-0.1, -0.05) is 30.3 Å². The predicted octanol–water partition coefficient (Wildman–Crippen LogP) is 3.74. The quantitative estimate of drug-likeness (QED) is 0.567. The number of hydrogen-bond donors (Lipinski definition) is 1. The number of fused-ring (bicyclic) bond motifs is 1. The number of para-hydroxylation sites is 3. The molecule has 2 aromatic carbocycles. The number of anilines is 2. The molecule has 1 unspecified atom stereocenters. The van der Waals surface area contributed by atoms with E-state index in [0.29, 0.717) is 18.1 Å². The summed E-state index contributed by atoms with van der Waals surface area (Å²) in [6.07, 6.45) is 3.25. The highest BCUT2D eigenvalue weighted by Gasteiger charge is 2.43. The van der Waals surface area contributed by atoms with E-state index in [-0.39, 0.29) is 16.7 Å². The zero-order chi connectivity index (χ0) is 22.1. The number of allylic oxidation sites excluding steroid dienone is 2. The maximum absolute atomic E-state index is 13.3. The molecule has 2 aliphatic rings. The van der Waals surface area contributed by atoms with Crippen LogP contribution >= 0.6 is 12.2 Å². The van der Waals surface area contributed by atoms with Crippen molar-refractivity contribution in [3.8, 4) is 5.75 Å². The minimum absolute atomic E-state index is 0.124. The van der Waals surface area contributed by atoms with Crippen LogP contribution in [0.2, 0.25) is 0 Å². The molecule has 1 amide bonds. The number of rotatable bonds is 5. The standard InChI is InChI=1S/C23H21N3O4S/c1-3-24-17-11-7-8-12-19(17)30-20(24)14-13-18-21(27)26(16-9-5-4-6-10-16)23(31)25(18)15(2)22(28)29/h4-15H,3H2,1-2H3,(H,28,29). The van der Waals surface area contributed by atoms with Crippen LogP contribution in [0, 0.1) is 0 Å². The number of aliphatic carboxylic acids is 1. The molecule has 0 saturated carbocycles. The highest BCUT2D eigenvalue weighted by molar-refractivity contribution is 7.80. The summed E-state index contributed by atoms with van der Waals surface area (Å²) in [5.74, 6) is -0.192. The lowest BCUT2D eigenvalue weighted by atomic mass is 10.2. The Balaban J connectivity index is 1.75. The number of benzene rings is 2. The summed E-state index contributed by atoms with van der Waals surface area (Å²) in [6, 6.07) is 15.6. The van der Waals surface area contributed by atoms with E-state index in [2.05, 4.69) is 0 Å². The first-order valence-electron chi connectivity index (χ1n) is 9.86. The van der Waals surface area contributed by atoms with E-state index in [1.165, 1.54) is 16.7 Å². The van der Waals surface area contributed by atoms with Gasteiger partial charge in [0.1, 0.15) is 11.7 Å². The van der Waals surface area contributed by atoms with Gasteiger partial charge in [-0.25, -0.2) is 4.79 Å². The van der Waals surface area contributed by atoms with E-state index in [0.717, 1.165) is 11.4 Å². The molecule has 2 aliphatic heterocycles. The third kappa shape index (κ3) is 3.55. The average Bonchev–Trinajstić information content (AvgIpc) is 3.25. The van der Waals surface area contributed by atoms with Gasteiger partial charge in [-0.05, 0) is 56.4 Å². The number of carbonyl (C=O) groups is 2. The van der Waals surface area contributed by atoms with E-state index in [1.54, 1.807) is 36.4 Å². The molecule has 0 aromatic heterocycles. The van der Waals surface area contributed by atoms with Crippen LogP contribution in [0.4, 0.5) is 11.4 Å². The Bertz CT molecular complexity index is 1110. The summed E-state index contributed by atoms with van der Waals surface area (Å²) in [4.78, 5) is 29.7. The fourth-order valence-electron chi connectivity index (χ4n) is 3.61. The largest absolute Gasteiger partial charge is 0.480 e. The maximum atomic E-state index is 13.3. The van der Waals surface area contributed by atoms with Crippen LogP contribution in [0.5, 0.6) is 5.75 Å². The Hall–Kier alpha value is -3.65. The highest BCUT2D eigenvalue weighted by atomic mass is 32.1. The molecule has 1 saturated heterocycles. The van der Waals surface area contributed by atoms with Crippen LogP contribution in [-0.2, 0) is 9.59 Å². The lowest BCUT2D eigenvalue weighted by molar-refractivity contribution is -0.140. The van der Waals surface area contributed by atoms with Crippen LogP contribution in [-0.4, -0.2) is 39.6 Å². The molecule has 158 valence electrons. The van der Waals surface area contributed by atoms with Crippen LogP contribution in [0.3, 0.4) is 0 Å². The molecule has 2 aromatic rings. The topological polar surface area (TPSA) is 73.3 Å². The van der Waals surface area contributed by atoms with Crippen molar-refractivity contribution in [1.82, 2.24) is 4.90 Å². The number of nitrogens with zero attached hydrogens (tertiary/aromatic N) is 3. The lowest BCUT2D eigenvalue weighted by Crippen LogP contribution is -2.41. The molecular formula is C23H21N3O4S. The van der Waals surface area contributed by atoms with Gasteiger partial charge in [0.15, 0.2) is 10.9 Å². The summed E-state index contributed by atoms with van der Waals surface area (Å²) in [5.41, 5.74) is 1.69. The van der Waals surface area contributed by atoms with Crippen molar-refractivity contribution >= 4 is 40.6 Å². The third-order valence-corrected chi connectivity index (χ3v) is 5.55. The SMILES string of the molecule is CCN1C(=CC=C2C(=O)N(c3ccccc3)C(=S)N2C(C)C(=O)O)Oc2ccccc21. The normalized spacial score (nSPS) is 19.2. The summed E-state index contributed by atoms with van der Waals surface area (Å²) in [7, 11) is 0. The lowest BCUT2D eigenvalue weighted by Gasteiger charge is -2.23. The number of ether oxygens (including phenoxy) is 1. The van der Waals surface area contributed by atoms with Crippen LogP contribution in [0.25, 0.3) is 0 Å². The van der Waals surface area contributed by atoms with Crippen LogP contribution < -0.4 is 14.5 Å². The highest BCUT2D eigenvalue weighted by Crippen LogP contribution is 2.38. The fraction of sp³-hybridized carbons (Fsp3) is 0.174. The van der Waals surface area contributed by atoms with E-state index in [1.807, 2.05) is 42.2 Å². The van der Waals surface area contributed by atoms with Gasteiger partial charge in [0.2, 0.25) is 5.88 Å². The maximum Gasteiger partial charge on any atom is 0.326 e. The summed E-state index contributed by atoms with van der Waals surface area (Å²) in [6.45, 7) is 4.17. The van der Waals surface area contributed by atoms with Gasteiger partial charge < -0.3 is 14.7 Å². The van der Waals surface area contributed by atoms with Gasteiger partial charge in [-0.2, -0.15) is 0 Å². The molecule has 31 heavy (non-hydrogen) atoms. The number of carboxylic acid groups (broad SMARTS) is 1. The molecule has 1 N–H and O–H groups in total. The number of carboxylic acids is 1. The van der Waals surface area contributed by atoms with Crippen molar-refractivity contribution < 1.29 is 19.4 Å². The van der Waals surface area contributed by atoms with Gasteiger partial charge in [0, 0.05) is 12.6 Å². The Labute approximate surface area is 185 Å². The third-order valence-electron chi connectivity index (χ3n) is 5.17. The molecule has 0 radical (unpaired) electrons. The fourth-order valence-corrected chi connectivity index (χ4v) is 4.05. The number of hydrogen-bond acceptors (Lipinski definition) is 5. The van der Waals surface area contributed by atoms with Crippen LogP contribution in [0.1, 0.15) is 13.8 Å². The first kappa shape index (κ1) is 20.6. The van der Waals surface area contributed by atoms with E-state index in [9.17, 15) is 14.7 Å². The summed E-state index contributed by atoms with van der Waals surface area (Å²) in [5, 5.41) is 9.72. The Morgan fingerprint density at radius 1 is 1.13 bits per heavy atom. The van der Waals surface area contributed by atoms with Crippen molar-refractivity contribution in [2.24, 2.45) is 0 Å². The first-order valence-corrected chi connectivity index (χ1v) is 10.3. The van der Waals surface area contributed by atoms with Gasteiger partial charge in [-0.15, -0.1) is 0 Å². The molecule has 4 rings (SSSR count). The zero-order valence-electron chi connectivity index (χ0n) is 17.1. The number of carbonyl (C=O) groups excluding carboxylic acids is 1. The van der Waals surface area contributed by atoms with Crippen molar-refractivity contribution in [3.05, 3.63) is 78.3 Å².